The number of hydrogen-bond donors (Lipinski definition) is 2. The molecule has 4 aromatic rings. The third-order valence-corrected chi connectivity index (χ3v) is 6.09. The molecule has 0 saturated heterocycles. The summed E-state index contributed by atoms with van der Waals surface area (Å²) in [5.74, 6) is -1.62. The molecular weight excluding hydrogens is 559 g/mol. The van der Waals surface area contributed by atoms with Crippen LogP contribution >= 0.6 is 0 Å². The molecule has 1 aromatic carbocycles. The molecule has 0 unspecified atom stereocenters. The van der Waals surface area contributed by atoms with Crippen LogP contribution in [0.5, 0.6) is 5.88 Å². The number of allylic oxidation sites excluding steroid dienone is 1. The molecule has 42 heavy (non-hydrogen) atoms. The van der Waals surface area contributed by atoms with Crippen LogP contribution < -0.4 is 10.1 Å². The highest BCUT2D eigenvalue weighted by atomic mass is 19.4. The van der Waals surface area contributed by atoms with Crippen LogP contribution in [-0.2, 0) is 4.79 Å². The van der Waals surface area contributed by atoms with E-state index in [9.17, 15) is 26.7 Å². The zero-order chi connectivity index (χ0) is 30.3. The van der Waals surface area contributed by atoms with E-state index in [0.29, 0.717) is 13.1 Å². The number of nitrogens with one attached hydrogen (secondary N) is 2. The van der Waals surface area contributed by atoms with Crippen LogP contribution in [0.3, 0.4) is 0 Å². The summed E-state index contributed by atoms with van der Waals surface area (Å²) in [7, 11) is 3.30. The normalized spacial score (nSPS) is 12.5. The summed E-state index contributed by atoms with van der Waals surface area (Å²) >= 11 is 0. The van der Waals surface area contributed by atoms with Gasteiger partial charge >= 0.3 is 6.18 Å². The molecule has 0 fully saturated rings. The number of likely N-dealkylation sites (N-methyl/N-ethyl adjacent to an activating group) is 1. The largest absolute Gasteiger partial charge is 0.476 e. The number of ether oxygens (including phenoxy) is 1. The fourth-order valence-electron chi connectivity index (χ4n) is 4.12. The molecule has 3 aromatic heterocycles. The minimum Gasteiger partial charge on any atom is -0.476 e. The predicted octanol–water partition coefficient (Wildman–Crippen LogP) is 5.16. The highest BCUT2D eigenvalue weighted by Crippen LogP contribution is 2.40. The van der Waals surface area contributed by atoms with E-state index in [1.165, 1.54) is 53.7 Å². The number of nitrogens with zero attached hydrogens (tertiary/aromatic N) is 4. The lowest BCUT2D eigenvalue weighted by molar-refractivity contribution is -0.124. The Kier molecular flexibility index (Phi) is 9.63. The van der Waals surface area contributed by atoms with E-state index in [4.69, 9.17) is 4.74 Å². The number of carbonyl (C=O) groups excluding carboxylic acids is 1. The van der Waals surface area contributed by atoms with Crippen LogP contribution in [0.15, 0.2) is 67.1 Å². The van der Waals surface area contributed by atoms with Crippen LogP contribution in [-0.4, -0.2) is 70.9 Å². The van der Waals surface area contributed by atoms with E-state index in [-0.39, 0.29) is 57.1 Å². The molecule has 0 bridgehead atoms. The predicted molar refractivity (Wildman–Crippen MR) is 147 cm³/mol. The molecule has 8 nitrogen and oxygen atoms in total. The first-order chi connectivity index (χ1) is 20.0. The molecule has 0 saturated carbocycles. The third kappa shape index (κ3) is 7.75. The number of H-pyrrole nitrogens is 1. The first kappa shape index (κ1) is 30.3. The van der Waals surface area contributed by atoms with E-state index >= 15 is 0 Å². The molecule has 0 aliphatic heterocycles. The number of amides is 1. The Morgan fingerprint density at radius 2 is 1.88 bits per heavy atom. The Balaban J connectivity index is 1.64. The Morgan fingerprint density at radius 1 is 1.10 bits per heavy atom. The van der Waals surface area contributed by atoms with Gasteiger partial charge < -0.3 is 15.0 Å². The highest BCUT2D eigenvalue weighted by Gasteiger charge is 2.33. The first-order valence-corrected chi connectivity index (χ1v) is 12.7. The number of halogens is 5. The van der Waals surface area contributed by atoms with E-state index in [1.54, 1.807) is 20.2 Å². The average molecular weight is 587 g/mol. The van der Waals surface area contributed by atoms with Crippen molar-refractivity contribution in [1.29, 1.82) is 0 Å². The first-order valence-electron chi connectivity index (χ1n) is 12.7. The summed E-state index contributed by atoms with van der Waals surface area (Å²) in [6, 6.07) is 8.46. The quantitative estimate of drug-likeness (QED) is 0.143. The highest BCUT2D eigenvalue weighted by molar-refractivity contribution is 6.00. The van der Waals surface area contributed by atoms with Gasteiger partial charge in [0.05, 0.1) is 23.5 Å². The Morgan fingerprint density at radius 3 is 2.57 bits per heavy atom. The minimum atomic E-state index is -4.69. The van der Waals surface area contributed by atoms with Crippen molar-refractivity contribution in [2.24, 2.45) is 0 Å². The van der Waals surface area contributed by atoms with Gasteiger partial charge in [0.15, 0.2) is 0 Å². The summed E-state index contributed by atoms with van der Waals surface area (Å²) in [6.07, 6.45) is 0.321. The molecule has 0 spiro atoms. The molecule has 1 amide bonds. The van der Waals surface area contributed by atoms with Gasteiger partial charge in [-0.1, -0.05) is 12.1 Å². The molecule has 0 aliphatic carbocycles. The fourth-order valence-corrected chi connectivity index (χ4v) is 4.12. The second-order valence-electron chi connectivity index (χ2n) is 9.34. The fraction of sp³-hybridized carbons (Fsp3) is 0.241. The summed E-state index contributed by atoms with van der Waals surface area (Å²) in [4.78, 5) is 20.9. The number of benzene rings is 1. The summed E-state index contributed by atoms with van der Waals surface area (Å²) in [6.45, 7) is 1.10. The SMILES string of the molecule is CN(C)C(=O)C=CCNCCOc1ccc(/C(=C(/CC(F)(F)F)c2ccncc2F)c2ccc3n[nH]c(F)c3c2)cn1. The molecule has 0 aliphatic rings. The lowest BCUT2D eigenvalue weighted by Crippen LogP contribution is -2.22. The van der Waals surface area contributed by atoms with Crippen LogP contribution in [0.1, 0.15) is 23.1 Å². The van der Waals surface area contributed by atoms with Crippen molar-refractivity contribution >= 4 is 28.0 Å². The molecule has 2 N–H and O–H groups in total. The van der Waals surface area contributed by atoms with E-state index in [2.05, 4.69) is 25.5 Å². The van der Waals surface area contributed by atoms with Crippen molar-refractivity contribution in [3.63, 3.8) is 0 Å². The standard InChI is InChI=1S/C29H27F5N6O2/c1-40(2)26(41)4-3-10-35-12-13-42-25-8-6-19(16-37-25)27(18-5-7-24-21(14-18)28(31)39-38-24)22(15-29(32,33)34)20-9-11-36-17-23(20)30/h3-9,11,14,16-17,35H,10,12-13,15H2,1-2H3,(H,38,39)/b4-3?,27-22-. The monoisotopic (exact) mass is 586 g/mol. The van der Waals surface area contributed by atoms with Crippen LogP contribution in [0.4, 0.5) is 22.0 Å². The molecule has 4 rings (SSSR count). The topological polar surface area (TPSA) is 96.0 Å². The van der Waals surface area contributed by atoms with Crippen molar-refractivity contribution in [1.82, 2.24) is 30.4 Å². The van der Waals surface area contributed by atoms with Gasteiger partial charge in [-0.25, -0.2) is 9.37 Å². The number of carbonyl (C=O) groups is 1. The number of pyridine rings is 2. The number of hydrogen-bond acceptors (Lipinski definition) is 6. The maximum atomic E-state index is 14.9. The van der Waals surface area contributed by atoms with Crippen molar-refractivity contribution in [3.05, 3.63) is 95.6 Å². The van der Waals surface area contributed by atoms with Crippen LogP contribution in [0.2, 0.25) is 0 Å². The van der Waals surface area contributed by atoms with Gasteiger partial charge in [-0.05, 0) is 41.0 Å². The summed E-state index contributed by atoms with van der Waals surface area (Å²) in [5, 5.41) is 9.17. The number of aromatic amines is 1. The third-order valence-electron chi connectivity index (χ3n) is 6.09. The Hall–Kier alpha value is -4.65. The van der Waals surface area contributed by atoms with E-state index in [1.807, 2.05) is 0 Å². The van der Waals surface area contributed by atoms with Crippen molar-refractivity contribution in [2.75, 3.05) is 33.8 Å². The zero-order valence-corrected chi connectivity index (χ0v) is 22.7. The van der Waals surface area contributed by atoms with E-state index < -0.39 is 24.4 Å². The van der Waals surface area contributed by atoms with Crippen LogP contribution in [0.25, 0.3) is 22.0 Å². The molecule has 13 heteroatoms. The van der Waals surface area contributed by atoms with Crippen molar-refractivity contribution in [2.45, 2.75) is 12.6 Å². The smallest absolute Gasteiger partial charge is 0.393 e. The molecule has 3 heterocycles. The van der Waals surface area contributed by atoms with Gasteiger partial charge in [0, 0.05) is 62.8 Å². The Labute approximate surface area is 237 Å². The lowest BCUT2D eigenvalue weighted by atomic mass is 9.88. The second-order valence-corrected chi connectivity index (χ2v) is 9.34. The summed E-state index contributed by atoms with van der Waals surface area (Å²) < 4.78 is 76.4. The molecule has 0 atom stereocenters. The maximum Gasteiger partial charge on any atom is 0.393 e. The Bertz CT molecular complexity index is 1600. The van der Waals surface area contributed by atoms with Gasteiger partial charge in [-0.15, -0.1) is 0 Å². The van der Waals surface area contributed by atoms with Crippen LogP contribution in [0, 0.1) is 11.8 Å². The maximum absolute atomic E-state index is 14.9. The molecule has 220 valence electrons. The minimum absolute atomic E-state index is 0.0136. The van der Waals surface area contributed by atoms with Gasteiger partial charge in [0.2, 0.25) is 17.7 Å². The number of rotatable bonds is 11. The summed E-state index contributed by atoms with van der Waals surface area (Å²) in [5.41, 5.74) is 0.0654. The van der Waals surface area contributed by atoms with Gasteiger partial charge in [0.25, 0.3) is 0 Å². The molecule has 0 radical (unpaired) electrons. The molecular formula is C29H27F5N6O2. The van der Waals surface area contributed by atoms with Crippen molar-refractivity contribution in [3.8, 4) is 5.88 Å². The number of fused-ring (bicyclic) bond motifs is 1. The van der Waals surface area contributed by atoms with Gasteiger partial charge in [0.1, 0.15) is 12.4 Å². The van der Waals surface area contributed by atoms with Gasteiger partial charge in [-0.2, -0.15) is 22.7 Å². The van der Waals surface area contributed by atoms with Crippen molar-refractivity contribution < 1.29 is 31.5 Å². The average Bonchev–Trinajstić information content (AvgIpc) is 3.32. The second kappa shape index (κ2) is 13.3. The number of aromatic nitrogens is 4. The zero-order valence-electron chi connectivity index (χ0n) is 22.7. The number of alkyl halides is 3. The lowest BCUT2D eigenvalue weighted by Gasteiger charge is -2.19. The van der Waals surface area contributed by atoms with Gasteiger partial charge in [-0.3, -0.25) is 14.9 Å². The van der Waals surface area contributed by atoms with E-state index in [0.717, 1.165) is 12.3 Å².